The molecule has 3 heteroatoms. The van der Waals surface area contributed by atoms with E-state index in [9.17, 15) is 8.78 Å². The number of rotatable bonds is 5. The Kier molecular flexibility index (Phi) is 5.17. The van der Waals surface area contributed by atoms with Gasteiger partial charge in [-0.05, 0) is 37.3 Å². The van der Waals surface area contributed by atoms with Crippen molar-refractivity contribution in [1.29, 1.82) is 0 Å². The first-order chi connectivity index (χ1) is 9.22. The van der Waals surface area contributed by atoms with E-state index in [1.165, 1.54) is 38.2 Å². The van der Waals surface area contributed by atoms with Gasteiger partial charge in [0, 0.05) is 0 Å². The van der Waals surface area contributed by atoms with Crippen molar-refractivity contribution >= 4 is 0 Å². The molecule has 1 aliphatic rings. The highest BCUT2D eigenvalue weighted by Crippen LogP contribution is 2.29. The zero-order valence-corrected chi connectivity index (χ0v) is 11.6. The van der Waals surface area contributed by atoms with Gasteiger partial charge in [0.25, 0.3) is 0 Å². The van der Waals surface area contributed by atoms with Gasteiger partial charge in [0.05, 0.1) is 6.61 Å². The first-order valence-corrected chi connectivity index (χ1v) is 7.32. The van der Waals surface area contributed by atoms with Crippen LogP contribution in [0.3, 0.4) is 0 Å². The number of hydrogen-bond donors (Lipinski definition) is 0. The topological polar surface area (TPSA) is 9.23 Å². The SMILES string of the molecule is CCOc1ccc(CCC2CCCCC2)c(F)c1F. The largest absolute Gasteiger partial charge is 0.491 e. The molecule has 1 aromatic rings. The Labute approximate surface area is 114 Å². The minimum atomic E-state index is -0.844. The van der Waals surface area contributed by atoms with E-state index >= 15 is 0 Å². The normalized spacial score (nSPS) is 16.6. The fraction of sp³-hybridized carbons (Fsp3) is 0.625. The van der Waals surface area contributed by atoms with E-state index in [1.54, 1.807) is 13.0 Å². The highest BCUT2D eigenvalue weighted by atomic mass is 19.2. The maximum atomic E-state index is 13.9. The molecule has 0 unspecified atom stereocenters. The summed E-state index contributed by atoms with van der Waals surface area (Å²) in [6.07, 6.45) is 7.95. The minimum absolute atomic E-state index is 0.0152. The quantitative estimate of drug-likeness (QED) is 0.739. The monoisotopic (exact) mass is 268 g/mol. The molecule has 19 heavy (non-hydrogen) atoms. The van der Waals surface area contributed by atoms with Crippen LogP contribution in [0, 0.1) is 17.6 Å². The Bertz CT molecular complexity index is 411. The second kappa shape index (κ2) is 6.88. The van der Waals surface area contributed by atoms with Crippen LogP contribution in [-0.4, -0.2) is 6.61 Å². The Morgan fingerprint density at radius 1 is 1.11 bits per heavy atom. The predicted octanol–water partition coefficient (Wildman–Crippen LogP) is 4.88. The van der Waals surface area contributed by atoms with Crippen molar-refractivity contribution in [2.75, 3.05) is 6.61 Å². The van der Waals surface area contributed by atoms with Gasteiger partial charge in [-0.25, -0.2) is 4.39 Å². The summed E-state index contributed by atoms with van der Waals surface area (Å²) in [5.41, 5.74) is 0.478. The molecule has 0 atom stereocenters. The van der Waals surface area contributed by atoms with Crippen LogP contribution in [0.1, 0.15) is 51.0 Å². The summed E-state index contributed by atoms with van der Waals surface area (Å²) in [4.78, 5) is 0. The summed E-state index contributed by atoms with van der Waals surface area (Å²) in [5.74, 6) is -0.881. The second-order valence-electron chi connectivity index (χ2n) is 5.33. The van der Waals surface area contributed by atoms with Gasteiger partial charge >= 0.3 is 0 Å². The fourth-order valence-electron chi connectivity index (χ4n) is 2.87. The molecule has 0 aromatic heterocycles. The van der Waals surface area contributed by atoms with Crippen LogP contribution in [0.5, 0.6) is 5.75 Å². The van der Waals surface area contributed by atoms with Crippen molar-refractivity contribution in [2.45, 2.75) is 51.9 Å². The molecule has 0 spiro atoms. The molecule has 1 fully saturated rings. The number of ether oxygens (including phenoxy) is 1. The van der Waals surface area contributed by atoms with E-state index in [4.69, 9.17) is 4.74 Å². The highest BCUT2D eigenvalue weighted by molar-refractivity contribution is 5.31. The lowest BCUT2D eigenvalue weighted by Gasteiger charge is -2.21. The first kappa shape index (κ1) is 14.3. The lowest BCUT2D eigenvalue weighted by Crippen LogP contribution is -2.08. The van der Waals surface area contributed by atoms with Gasteiger partial charge in [0.15, 0.2) is 11.6 Å². The predicted molar refractivity (Wildman–Crippen MR) is 72.4 cm³/mol. The lowest BCUT2D eigenvalue weighted by molar-refractivity contribution is 0.311. The van der Waals surface area contributed by atoms with Gasteiger partial charge in [0.2, 0.25) is 5.82 Å². The first-order valence-electron chi connectivity index (χ1n) is 7.32. The van der Waals surface area contributed by atoms with Crippen LogP contribution in [0.25, 0.3) is 0 Å². The van der Waals surface area contributed by atoms with E-state index in [0.29, 0.717) is 24.5 Å². The molecule has 1 aliphatic carbocycles. The molecule has 0 N–H and O–H groups in total. The van der Waals surface area contributed by atoms with Crippen LogP contribution in [0.15, 0.2) is 12.1 Å². The smallest absolute Gasteiger partial charge is 0.200 e. The van der Waals surface area contributed by atoms with Crippen LogP contribution < -0.4 is 4.74 Å². The van der Waals surface area contributed by atoms with Crippen molar-refractivity contribution in [3.05, 3.63) is 29.3 Å². The summed E-state index contributed by atoms with van der Waals surface area (Å²) < 4.78 is 32.7. The highest BCUT2D eigenvalue weighted by Gasteiger charge is 2.17. The maximum absolute atomic E-state index is 13.9. The van der Waals surface area contributed by atoms with Crippen LogP contribution in [0.4, 0.5) is 8.78 Å². The zero-order valence-electron chi connectivity index (χ0n) is 11.6. The van der Waals surface area contributed by atoms with Crippen molar-refractivity contribution in [2.24, 2.45) is 5.92 Å². The average molecular weight is 268 g/mol. The Morgan fingerprint density at radius 3 is 2.53 bits per heavy atom. The zero-order chi connectivity index (χ0) is 13.7. The molecule has 0 saturated heterocycles. The molecule has 1 saturated carbocycles. The van der Waals surface area contributed by atoms with Gasteiger partial charge in [-0.3, -0.25) is 0 Å². The van der Waals surface area contributed by atoms with Crippen LogP contribution in [-0.2, 0) is 6.42 Å². The van der Waals surface area contributed by atoms with E-state index in [1.807, 2.05) is 0 Å². The molecule has 1 nitrogen and oxygen atoms in total. The van der Waals surface area contributed by atoms with Crippen LogP contribution >= 0.6 is 0 Å². The van der Waals surface area contributed by atoms with Gasteiger partial charge < -0.3 is 4.74 Å². The summed E-state index contributed by atoms with van der Waals surface area (Å²) in [6.45, 7) is 2.10. The standard InChI is InChI=1S/C16H22F2O/c1-2-19-14-11-10-13(15(17)16(14)18)9-8-12-6-4-3-5-7-12/h10-12H,2-9H2,1H3. The Balaban J connectivity index is 1.98. The van der Waals surface area contributed by atoms with E-state index in [2.05, 4.69) is 0 Å². The van der Waals surface area contributed by atoms with Gasteiger partial charge in [0.1, 0.15) is 0 Å². The van der Waals surface area contributed by atoms with Gasteiger partial charge in [-0.2, -0.15) is 4.39 Å². The second-order valence-corrected chi connectivity index (χ2v) is 5.33. The Hall–Kier alpha value is -1.12. The van der Waals surface area contributed by atoms with E-state index < -0.39 is 11.6 Å². The third-order valence-corrected chi connectivity index (χ3v) is 3.97. The van der Waals surface area contributed by atoms with Crippen molar-refractivity contribution in [1.82, 2.24) is 0 Å². The van der Waals surface area contributed by atoms with Crippen molar-refractivity contribution in [3.63, 3.8) is 0 Å². The maximum Gasteiger partial charge on any atom is 0.200 e. The molecular formula is C16H22F2O. The molecule has 0 aliphatic heterocycles. The van der Waals surface area contributed by atoms with Crippen LogP contribution in [0.2, 0.25) is 0 Å². The summed E-state index contributed by atoms with van der Waals surface area (Å²) in [5, 5.41) is 0. The molecule has 0 bridgehead atoms. The fourth-order valence-corrected chi connectivity index (χ4v) is 2.87. The van der Waals surface area contributed by atoms with E-state index in [0.717, 1.165) is 6.42 Å². The number of aryl methyl sites for hydroxylation is 1. The molecule has 2 rings (SSSR count). The van der Waals surface area contributed by atoms with Gasteiger partial charge in [-0.1, -0.05) is 38.2 Å². The average Bonchev–Trinajstić information content (AvgIpc) is 2.44. The molecular weight excluding hydrogens is 246 g/mol. The number of benzene rings is 1. The third kappa shape index (κ3) is 3.68. The Morgan fingerprint density at radius 2 is 1.84 bits per heavy atom. The van der Waals surface area contributed by atoms with Crippen molar-refractivity contribution < 1.29 is 13.5 Å². The lowest BCUT2D eigenvalue weighted by atomic mass is 9.85. The van der Waals surface area contributed by atoms with Gasteiger partial charge in [-0.15, -0.1) is 0 Å². The molecule has 1 aromatic carbocycles. The molecule has 106 valence electrons. The summed E-state index contributed by atoms with van der Waals surface area (Å²) in [6, 6.07) is 3.20. The number of halogens is 2. The summed E-state index contributed by atoms with van der Waals surface area (Å²) in [7, 11) is 0. The minimum Gasteiger partial charge on any atom is -0.491 e. The van der Waals surface area contributed by atoms with Crippen molar-refractivity contribution in [3.8, 4) is 5.75 Å². The summed E-state index contributed by atoms with van der Waals surface area (Å²) >= 11 is 0. The third-order valence-electron chi connectivity index (χ3n) is 3.97. The molecule has 0 radical (unpaired) electrons. The molecule has 0 heterocycles. The number of hydrogen-bond acceptors (Lipinski definition) is 1. The van der Waals surface area contributed by atoms with E-state index in [-0.39, 0.29) is 5.75 Å². The molecule has 0 amide bonds.